The minimum atomic E-state index is -2.94. The van der Waals surface area contributed by atoms with E-state index in [-0.39, 0.29) is 17.3 Å². The van der Waals surface area contributed by atoms with Crippen LogP contribution in [-0.2, 0) is 18.8 Å². The lowest BCUT2D eigenvalue weighted by Gasteiger charge is -2.15. The maximum Gasteiger partial charge on any atom is 0.387 e. The van der Waals surface area contributed by atoms with Crippen LogP contribution in [0.4, 0.5) is 13.2 Å². The molecule has 0 atom stereocenters. The van der Waals surface area contributed by atoms with E-state index in [4.69, 9.17) is 4.74 Å². The second-order valence-electron chi connectivity index (χ2n) is 5.99. The molecule has 0 radical (unpaired) electrons. The van der Waals surface area contributed by atoms with Gasteiger partial charge in [-0.2, -0.15) is 20.5 Å². The molecule has 2 aromatic rings. The first-order valence-electron chi connectivity index (χ1n) is 8.79. The Morgan fingerprint density at radius 2 is 1.83 bits per heavy atom. The lowest BCUT2D eigenvalue weighted by Crippen LogP contribution is -2.36. The maximum atomic E-state index is 13.5. The second-order valence-corrected chi connectivity index (χ2v) is 6.86. The molecule has 0 aliphatic heterocycles. The molecule has 0 aromatic heterocycles. The van der Waals surface area contributed by atoms with Crippen LogP contribution in [0.15, 0.2) is 41.4 Å². The minimum Gasteiger partial charge on any atom is -0.493 e. The van der Waals surface area contributed by atoms with Gasteiger partial charge in [0.25, 0.3) is 0 Å². The quantitative estimate of drug-likeness (QED) is 0.465. The van der Waals surface area contributed by atoms with Crippen molar-refractivity contribution in [2.75, 3.05) is 20.4 Å². The number of thioether (sulfide) groups is 1. The first kappa shape index (κ1) is 22.7. The van der Waals surface area contributed by atoms with Gasteiger partial charge in [0, 0.05) is 25.9 Å². The predicted molar refractivity (Wildman–Crippen MR) is 110 cm³/mol. The number of guanidine groups is 1. The Kier molecular flexibility index (Phi) is 8.98. The van der Waals surface area contributed by atoms with Gasteiger partial charge >= 0.3 is 6.61 Å². The van der Waals surface area contributed by atoms with Crippen LogP contribution in [0, 0.1) is 5.82 Å². The summed E-state index contributed by atoms with van der Waals surface area (Å²) in [5.74, 6) is 1.17. The number of methoxy groups -OCH3 is 1. The summed E-state index contributed by atoms with van der Waals surface area (Å²) in [5.41, 5.74) is 2.61. The third kappa shape index (κ3) is 7.08. The van der Waals surface area contributed by atoms with Gasteiger partial charge in [-0.1, -0.05) is 12.1 Å². The summed E-state index contributed by atoms with van der Waals surface area (Å²) >= 11 is 1.62. The van der Waals surface area contributed by atoms with E-state index < -0.39 is 6.61 Å². The second kappa shape index (κ2) is 11.5. The van der Waals surface area contributed by atoms with Crippen molar-refractivity contribution in [3.8, 4) is 11.5 Å². The van der Waals surface area contributed by atoms with Crippen molar-refractivity contribution < 1.29 is 22.6 Å². The Hall–Kier alpha value is -2.55. The van der Waals surface area contributed by atoms with Crippen LogP contribution in [0.3, 0.4) is 0 Å². The molecule has 29 heavy (non-hydrogen) atoms. The van der Waals surface area contributed by atoms with E-state index in [9.17, 15) is 13.2 Å². The number of hydrogen-bond acceptors (Lipinski definition) is 4. The van der Waals surface area contributed by atoms with E-state index in [2.05, 4.69) is 20.4 Å². The molecule has 2 N–H and O–H groups in total. The molecular weight excluding hydrogens is 403 g/mol. The molecule has 158 valence electrons. The molecule has 0 spiro atoms. The lowest BCUT2D eigenvalue weighted by atomic mass is 10.1. The van der Waals surface area contributed by atoms with Crippen LogP contribution < -0.4 is 20.1 Å². The van der Waals surface area contributed by atoms with Gasteiger partial charge < -0.3 is 20.1 Å². The molecule has 0 unspecified atom stereocenters. The molecule has 0 saturated carbocycles. The lowest BCUT2D eigenvalue weighted by molar-refractivity contribution is -0.0512. The van der Waals surface area contributed by atoms with Gasteiger partial charge in [-0.25, -0.2) is 4.39 Å². The highest BCUT2D eigenvalue weighted by atomic mass is 32.2. The van der Waals surface area contributed by atoms with Crippen LogP contribution in [0.25, 0.3) is 0 Å². The van der Waals surface area contributed by atoms with E-state index >= 15 is 0 Å². The molecule has 0 fully saturated rings. The van der Waals surface area contributed by atoms with Gasteiger partial charge in [0.05, 0.1) is 7.11 Å². The van der Waals surface area contributed by atoms with Gasteiger partial charge in [0.2, 0.25) is 0 Å². The Morgan fingerprint density at radius 3 is 2.48 bits per heavy atom. The monoisotopic (exact) mass is 427 g/mol. The van der Waals surface area contributed by atoms with Crippen LogP contribution in [-0.4, -0.2) is 33.0 Å². The molecule has 0 amide bonds. The molecule has 0 aliphatic carbocycles. The van der Waals surface area contributed by atoms with Crippen LogP contribution in [0.1, 0.15) is 16.7 Å². The predicted octanol–water partition coefficient (Wildman–Crippen LogP) is 4.16. The summed E-state index contributed by atoms with van der Waals surface area (Å²) in [6, 6.07) is 9.51. The van der Waals surface area contributed by atoms with E-state index in [1.54, 1.807) is 37.0 Å². The zero-order valence-electron chi connectivity index (χ0n) is 16.5. The fraction of sp³-hybridized carbons (Fsp3) is 0.350. The molecule has 0 aliphatic rings. The summed E-state index contributed by atoms with van der Waals surface area (Å²) in [4.78, 5) is 4.16. The summed E-state index contributed by atoms with van der Waals surface area (Å²) in [6.07, 6.45) is 1.96. The third-order valence-corrected chi connectivity index (χ3v) is 4.64. The molecular formula is C20H24F3N3O2S. The molecule has 0 saturated heterocycles. The summed E-state index contributed by atoms with van der Waals surface area (Å²) in [5, 5.41) is 6.29. The van der Waals surface area contributed by atoms with E-state index in [1.165, 1.54) is 25.3 Å². The largest absolute Gasteiger partial charge is 0.493 e. The van der Waals surface area contributed by atoms with Crippen LogP contribution in [0.2, 0.25) is 0 Å². The van der Waals surface area contributed by atoms with Crippen LogP contribution >= 0.6 is 11.8 Å². The average molecular weight is 427 g/mol. The number of aliphatic imine (C=N–C) groups is 1. The first-order chi connectivity index (χ1) is 14.0. The first-order valence-corrected chi connectivity index (χ1v) is 10.2. The van der Waals surface area contributed by atoms with E-state index in [0.717, 1.165) is 11.1 Å². The maximum absolute atomic E-state index is 13.5. The van der Waals surface area contributed by atoms with Gasteiger partial charge in [0.1, 0.15) is 5.82 Å². The fourth-order valence-corrected chi connectivity index (χ4v) is 3.24. The number of benzene rings is 2. The molecule has 2 aromatic carbocycles. The minimum absolute atomic E-state index is 0.0298. The highest BCUT2D eigenvalue weighted by Gasteiger charge is 2.12. The third-order valence-electron chi connectivity index (χ3n) is 4.04. The number of rotatable bonds is 9. The topological polar surface area (TPSA) is 54.9 Å². The fourth-order valence-electron chi connectivity index (χ4n) is 2.66. The molecule has 9 heteroatoms. The number of ether oxygens (including phenoxy) is 2. The van der Waals surface area contributed by atoms with Crippen LogP contribution in [0.5, 0.6) is 11.5 Å². The van der Waals surface area contributed by atoms with Gasteiger partial charge in [-0.05, 0) is 47.2 Å². The number of nitrogens with zero attached hydrogens (tertiary/aromatic N) is 1. The van der Waals surface area contributed by atoms with Crippen molar-refractivity contribution in [1.82, 2.24) is 10.6 Å². The molecule has 0 heterocycles. The smallest absolute Gasteiger partial charge is 0.387 e. The number of halogens is 3. The van der Waals surface area contributed by atoms with Crippen molar-refractivity contribution in [2.45, 2.75) is 25.5 Å². The Labute approximate surface area is 172 Å². The summed E-state index contributed by atoms with van der Waals surface area (Å²) in [7, 11) is 3.01. The Balaban J connectivity index is 1.99. The average Bonchev–Trinajstić information content (AvgIpc) is 2.69. The number of hydrogen-bond donors (Lipinski definition) is 2. The SMILES string of the molecule is CN=C(NCc1ccc(OC)c(OC(F)F)c1)NCc1ccc(F)cc1CSC. The Morgan fingerprint density at radius 1 is 1.07 bits per heavy atom. The normalized spacial score (nSPS) is 11.5. The zero-order valence-corrected chi connectivity index (χ0v) is 17.3. The van der Waals surface area contributed by atoms with Crippen molar-refractivity contribution in [2.24, 2.45) is 4.99 Å². The molecule has 0 bridgehead atoms. The van der Waals surface area contributed by atoms with Gasteiger partial charge in [0.15, 0.2) is 17.5 Å². The van der Waals surface area contributed by atoms with Gasteiger partial charge in [-0.15, -0.1) is 0 Å². The zero-order chi connectivity index (χ0) is 21.2. The van der Waals surface area contributed by atoms with Crippen molar-refractivity contribution in [3.05, 3.63) is 58.9 Å². The number of nitrogens with one attached hydrogen (secondary N) is 2. The van der Waals surface area contributed by atoms with E-state index in [1.807, 2.05) is 6.26 Å². The highest BCUT2D eigenvalue weighted by Crippen LogP contribution is 2.29. The summed E-state index contributed by atoms with van der Waals surface area (Å²) in [6.45, 7) is -2.13. The highest BCUT2D eigenvalue weighted by molar-refractivity contribution is 7.97. The molecule has 5 nitrogen and oxygen atoms in total. The molecule has 2 rings (SSSR count). The van der Waals surface area contributed by atoms with Crippen molar-refractivity contribution in [1.29, 1.82) is 0 Å². The van der Waals surface area contributed by atoms with Crippen molar-refractivity contribution >= 4 is 17.7 Å². The summed E-state index contributed by atoms with van der Waals surface area (Å²) < 4.78 is 48.1. The standard InChI is InChI=1S/C20H24F3N3O2S/c1-24-20(26-11-14-5-6-16(21)9-15(14)12-29-3)25-10-13-4-7-17(27-2)18(8-13)28-19(22)23/h4-9,19H,10-12H2,1-3H3,(H2,24,25,26). The number of alkyl halides is 2. The Bertz CT molecular complexity index is 835. The van der Waals surface area contributed by atoms with Gasteiger partial charge in [-0.3, -0.25) is 4.99 Å². The van der Waals surface area contributed by atoms with E-state index in [0.29, 0.717) is 30.4 Å². The van der Waals surface area contributed by atoms with Crippen molar-refractivity contribution in [3.63, 3.8) is 0 Å².